The Hall–Kier alpha value is -2.13. The molecule has 1 unspecified atom stereocenters. The largest absolute Gasteiger partial charge is 0.416 e. The first-order chi connectivity index (χ1) is 12.3. The number of aryl methyl sites for hydroxylation is 1. The van der Waals surface area contributed by atoms with Crippen molar-refractivity contribution >= 4 is 17.4 Å². The molecule has 0 radical (unpaired) electrons. The Morgan fingerprint density at radius 3 is 2.73 bits per heavy atom. The van der Waals surface area contributed by atoms with Crippen molar-refractivity contribution in [3.8, 4) is 5.69 Å². The molecule has 1 atom stereocenters. The summed E-state index contributed by atoms with van der Waals surface area (Å²) >= 11 is 1.29. The number of carbonyl (C=O) groups is 1. The second kappa shape index (κ2) is 7.63. The number of aromatic nitrogens is 1. The van der Waals surface area contributed by atoms with Gasteiger partial charge in [-0.25, -0.2) is 4.79 Å². The fourth-order valence-corrected chi connectivity index (χ4v) is 3.46. The van der Waals surface area contributed by atoms with Crippen LogP contribution < -0.4 is 10.1 Å². The number of rotatable bonds is 3. The SMILES string of the molecule is Cc1cn(-c2ccc(C(F)(F)F)cc2)/c(=N/C(=O)NCC2CCOC2)s1. The van der Waals surface area contributed by atoms with Crippen LogP contribution in [0.2, 0.25) is 0 Å². The molecule has 2 heterocycles. The number of nitrogens with zero attached hydrogens (tertiary/aromatic N) is 2. The van der Waals surface area contributed by atoms with Gasteiger partial charge in [0.1, 0.15) is 0 Å². The minimum absolute atomic E-state index is 0.293. The van der Waals surface area contributed by atoms with E-state index in [-0.39, 0.29) is 0 Å². The smallest absolute Gasteiger partial charge is 0.381 e. The molecule has 3 rings (SSSR count). The number of carbonyl (C=O) groups excluding carboxylic acids is 1. The zero-order chi connectivity index (χ0) is 18.7. The van der Waals surface area contributed by atoms with Crippen molar-refractivity contribution in [1.82, 2.24) is 9.88 Å². The summed E-state index contributed by atoms with van der Waals surface area (Å²) in [6.45, 7) is 3.67. The molecule has 26 heavy (non-hydrogen) atoms. The zero-order valence-electron chi connectivity index (χ0n) is 14.0. The van der Waals surface area contributed by atoms with Gasteiger partial charge in [0.05, 0.1) is 12.2 Å². The Morgan fingerprint density at radius 1 is 1.38 bits per heavy atom. The molecular formula is C17H18F3N3O2S. The highest BCUT2D eigenvalue weighted by Crippen LogP contribution is 2.29. The fraction of sp³-hybridized carbons (Fsp3) is 0.412. The summed E-state index contributed by atoms with van der Waals surface area (Å²) < 4.78 is 45.0. The van der Waals surface area contributed by atoms with Crippen LogP contribution in [0.15, 0.2) is 35.5 Å². The van der Waals surface area contributed by atoms with Gasteiger partial charge < -0.3 is 10.1 Å². The van der Waals surface area contributed by atoms with E-state index in [1.165, 1.54) is 23.5 Å². The van der Waals surface area contributed by atoms with Crippen LogP contribution in [-0.4, -0.2) is 30.4 Å². The fourth-order valence-electron chi connectivity index (χ4n) is 2.63. The summed E-state index contributed by atoms with van der Waals surface area (Å²) in [5.74, 6) is 0.293. The monoisotopic (exact) mass is 385 g/mol. The molecule has 5 nitrogen and oxygen atoms in total. The van der Waals surface area contributed by atoms with E-state index in [0.29, 0.717) is 36.2 Å². The summed E-state index contributed by atoms with van der Waals surface area (Å²) in [6.07, 6.45) is -1.74. The average molecular weight is 385 g/mol. The van der Waals surface area contributed by atoms with Crippen LogP contribution in [0.25, 0.3) is 5.69 Å². The molecule has 1 aliphatic heterocycles. The number of urea groups is 1. The van der Waals surface area contributed by atoms with Crippen molar-refractivity contribution in [3.63, 3.8) is 0 Å². The molecule has 1 aromatic heterocycles. The van der Waals surface area contributed by atoms with E-state index < -0.39 is 17.8 Å². The molecule has 1 aromatic carbocycles. The Bertz CT molecular complexity index is 834. The average Bonchev–Trinajstić information content (AvgIpc) is 3.22. The lowest BCUT2D eigenvalue weighted by Crippen LogP contribution is -2.29. The highest BCUT2D eigenvalue weighted by Gasteiger charge is 2.30. The Morgan fingerprint density at radius 2 is 2.12 bits per heavy atom. The summed E-state index contributed by atoms with van der Waals surface area (Å²) in [5, 5.41) is 2.75. The Labute approximate surface area is 152 Å². The summed E-state index contributed by atoms with van der Waals surface area (Å²) in [4.78, 5) is 17.4. The molecule has 0 spiro atoms. The zero-order valence-corrected chi connectivity index (χ0v) is 14.9. The lowest BCUT2D eigenvalue weighted by atomic mass is 10.1. The van der Waals surface area contributed by atoms with Crippen LogP contribution in [-0.2, 0) is 10.9 Å². The normalized spacial score (nSPS) is 18.3. The molecular weight excluding hydrogens is 367 g/mol. The maximum atomic E-state index is 12.7. The van der Waals surface area contributed by atoms with E-state index in [4.69, 9.17) is 4.74 Å². The minimum Gasteiger partial charge on any atom is -0.381 e. The third-order valence-corrected chi connectivity index (χ3v) is 4.90. The number of ether oxygens (including phenoxy) is 1. The lowest BCUT2D eigenvalue weighted by molar-refractivity contribution is -0.137. The van der Waals surface area contributed by atoms with Gasteiger partial charge in [-0.2, -0.15) is 18.2 Å². The Balaban J connectivity index is 1.79. The van der Waals surface area contributed by atoms with E-state index in [9.17, 15) is 18.0 Å². The van der Waals surface area contributed by atoms with Crippen molar-refractivity contribution in [2.45, 2.75) is 19.5 Å². The van der Waals surface area contributed by atoms with Gasteiger partial charge in [-0.15, -0.1) is 11.3 Å². The quantitative estimate of drug-likeness (QED) is 0.879. The number of alkyl halides is 3. The second-order valence-electron chi connectivity index (χ2n) is 6.07. The molecule has 0 saturated carbocycles. The standard InChI is InChI=1S/C17H18F3N3O2S/c1-11-9-23(14-4-2-13(3-5-14)17(18,19)20)16(26-11)22-15(24)21-8-12-6-7-25-10-12/h2-5,9,12H,6-8,10H2,1H3,(H,21,24)/b22-16-. The van der Waals surface area contributed by atoms with Gasteiger partial charge in [-0.05, 0) is 37.6 Å². The van der Waals surface area contributed by atoms with E-state index in [1.54, 1.807) is 10.8 Å². The number of thiazole rings is 1. The Kier molecular flexibility index (Phi) is 5.47. The molecule has 0 aliphatic carbocycles. The maximum Gasteiger partial charge on any atom is 0.416 e. The molecule has 2 amide bonds. The summed E-state index contributed by atoms with van der Waals surface area (Å²) in [6, 6.07) is 4.28. The van der Waals surface area contributed by atoms with Crippen molar-refractivity contribution in [2.75, 3.05) is 19.8 Å². The molecule has 1 N–H and O–H groups in total. The summed E-state index contributed by atoms with van der Waals surface area (Å²) in [7, 11) is 0. The minimum atomic E-state index is -4.38. The predicted octanol–water partition coefficient (Wildman–Crippen LogP) is 3.51. The highest BCUT2D eigenvalue weighted by molar-refractivity contribution is 7.09. The van der Waals surface area contributed by atoms with E-state index in [2.05, 4.69) is 10.3 Å². The van der Waals surface area contributed by atoms with Gasteiger partial charge in [0, 0.05) is 35.8 Å². The first-order valence-electron chi connectivity index (χ1n) is 8.10. The van der Waals surface area contributed by atoms with Crippen molar-refractivity contribution < 1.29 is 22.7 Å². The highest BCUT2D eigenvalue weighted by atomic mass is 32.1. The van der Waals surface area contributed by atoms with Gasteiger partial charge in [0.15, 0.2) is 4.80 Å². The topological polar surface area (TPSA) is 55.6 Å². The van der Waals surface area contributed by atoms with Crippen LogP contribution in [0.1, 0.15) is 16.9 Å². The van der Waals surface area contributed by atoms with Gasteiger partial charge in [-0.3, -0.25) is 4.57 Å². The molecule has 1 fully saturated rings. The van der Waals surface area contributed by atoms with Crippen molar-refractivity contribution in [1.29, 1.82) is 0 Å². The van der Waals surface area contributed by atoms with Crippen LogP contribution in [0, 0.1) is 12.8 Å². The summed E-state index contributed by atoms with van der Waals surface area (Å²) in [5.41, 5.74) is -0.207. The van der Waals surface area contributed by atoms with E-state index in [1.807, 2.05) is 6.92 Å². The van der Waals surface area contributed by atoms with E-state index in [0.717, 1.165) is 23.4 Å². The first kappa shape index (κ1) is 18.7. The van der Waals surface area contributed by atoms with Gasteiger partial charge in [0.2, 0.25) is 0 Å². The van der Waals surface area contributed by atoms with Crippen LogP contribution >= 0.6 is 11.3 Å². The first-order valence-corrected chi connectivity index (χ1v) is 8.91. The molecule has 1 saturated heterocycles. The van der Waals surface area contributed by atoms with Crippen LogP contribution in [0.5, 0.6) is 0 Å². The van der Waals surface area contributed by atoms with Crippen LogP contribution in [0.3, 0.4) is 0 Å². The molecule has 140 valence electrons. The number of amides is 2. The number of nitrogens with one attached hydrogen (secondary N) is 1. The predicted molar refractivity (Wildman–Crippen MR) is 91.3 cm³/mol. The number of hydrogen-bond donors (Lipinski definition) is 1. The molecule has 1 aliphatic rings. The number of benzene rings is 1. The van der Waals surface area contributed by atoms with Gasteiger partial charge in [-0.1, -0.05) is 0 Å². The van der Waals surface area contributed by atoms with E-state index >= 15 is 0 Å². The van der Waals surface area contributed by atoms with Gasteiger partial charge in [0.25, 0.3) is 0 Å². The second-order valence-corrected chi connectivity index (χ2v) is 7.28. The number of halogens is 3. The van der Waals surface area contributed by atoms with Gasteiger partial charge >= 0.3 is 12.2 Å². The van der Waals surface area contributed by atoms with Crippen molar-refractivity contribution in [2.24, 2.45) is 10.9 Å². The third kappa shape index (κ3) is 4.53. The maximum absolute atomic E-state index is 12.7. The molecule has 9 heteroatoms. The van der Waals surface area contributed by atoms with Crippen molar-refractivity contribution in [3.05, 3.63) is 45.7 Å². The van der Waals surface area contributed by atoms with Crippen LogP contribution in [0.4, 0.5) is 18.0 Å². The lowest BCUT2D eigenvalue weighted by Gasteiger charge is -2.08. The number of hydrogen-bond acceptors (Lipinski definition) is 3. The molecule has 0 bridgehead atoms. The molecule has 2 aromatic rings. The third-order valence-electron chi connectivity index (χ3n) is 4.01.